The molecule has 0 aliphatic carbocycles. The standard InChI is InChI=1S/C18H18N4O3/c23-18(15-9-14(20-21-15)13-4-2-1-3-5-13)22-19-10-12-6-7-16-17(8-12)25-11-24-16/h1-8,10,14-15,20-21H,9,11H2,(H,22,23)/b19-10+. The average Bonchev–Trinajstić information content (AvgIpc) is 3.31. The first kappa shape index (κ1) is 15.6. The Bertz CT molecular complexity index is 794. The topological polar surface area (TPSA) is 84.0 Å². The third-order valence-corrected chi connectivity index (χ3v) is 4.21. The second kappa shape index (κ2) is 6.92. The van der Waals surface area contributed by atoms with Gasteiger partial charge in [-0.3, -0.25) is 4.79 Å². The van der Waals surface area contributed by atoms with Gasteiger partial charge in [0.25, 0.3) is 5.91 Å². The Morgan fingerprint density at radius 3 is 2.84 bits per heavy atom. The number of benzene rings is 2. The number of hydrogen-bond acceptors (Lipinski definition) is 6. The monoisotopic (exact) mass is 338 g/mol. The molecule has 0 aromatic heterocycles. The summed E-state index contributed by atoms with van der Waals surface area (Å²) >= 11 is 0. The van der Waals surface area contributed by atoms with E-state index in [9.17, 15) is 4.79 Å². The van der Waals surface area contributed by atoms with Crippen molar-refractivity contribution in [2.45, 2.75) is 18.5 Å². The molecule has 1 fully saturated rings. The van der Waals surface area contributed by atoms with E-state index in [4.69, 9.17) is 9.47 Å². The molecular formula is C18H18N4O3. The molecule has 3 N–H and O–H groups in total. The summed E-state index contributed by atoms with van der Waals surface area (Å²) in [5.41, 5.74) is 10.7. The molecule has 2 aliphatic rings. The van der Waals surface area contributed by atoms with Gasteiger partial charge in [-0.05, 0) is 35.7 Å². The zero-order chi connectivity index (χ0) is 17.1. The van der Waals surface area contributed by atoms with Crippen LogP contribution in [0.25, 0.3) is 0 Å². The van der Waals surface area contributed by atoms with Crippen LogP contribution in [0.15, 0.2) is 53.6 Å². The lowest BCUT2D eigenvalue weighted by molar-refractivity contribution is -0.122. The van der Waals surface area contributed by atoms with Crippen molar-refractivity contribution in [2.75, 3.05) is 6.79 Å². The summed E-state index contributed by atoms with van der Waals surface area (Å²) in [6.07, 6.45) is 2.24. The summed E-state index contributed by atoms with van der Waals surface area (Å²) in [7, 11) is 0. The zero-order valence-corrected chi connectivity index (χ0v) is 13.4. The lowest BCUT2D eigenvalue weighted by Crippen LogP contribution is -2.41. The normalized spacial score (nSPS) is 21.6. The third kappa shape index (κ3) is 3.47. The number of hydrogen-bond donors (Lipinski definition) is 3. The number of carbonyl (C=O) groups is 1. The molecule has 4 rings (SSSR count). The molecular weight excluding hydrogens is 320 g/mol. The molecule has 1 saturated heterocycles. The van der Waals surface area contributed by atoms with Crippen molar-refractivity contribution in [3.05, 3.63) is 59.7 Å². The van der Waals surface area contributed by atoms with Crippen molar-refractivity contribution >= 4 is 12.1 Å². The van der Waals surface area contributed by atoms with Crippen LogP contribution >= 0.6 is 0 Å². The molecule has 2 aromatic rings. The van der Waals surface area contributed by atoms with Gasteiger partial charge in [0.1, 0.15) is 6.04 Å². The van der Waals surface area contributed by atoms with Gasteiger partial charge in [-0.1, -0.05) is 30.3 Å². The molecule has 2 unspecified atom stereocenters. The minimum Gasteiger partial charge on any atom is -0.454 e. The number of hydrazine groups is 1. The predicted molar refractivity (Wildman–Crippen MR) is 92.2 cm³/mol. The van der Waals surface area contributed by atoms with Gasteiger partial charge in [0.2, 0.25) is 6.79 Å². The summed E-state index contributed by atoms with van der Waals surface area (Å²) in [5, 5.41) is 4.02. The fourth-order valence-corrected chi connectivity index (χ4v) is 2.87. The van der Waals surface area contributed by atoms with Gasteiger partial charge in [0, 0.05) is 6.04 Å². The van der Waals surface area contributed by atoms with E-state index in [0.29, 0.717) is 12.2 Å². The molecule has 7 nitrogen and oxygen atoms in total. The average molecular weight is 338 g/mol. The first-order valence-corrected chi connectivity index (χ1v) is 8.08. The number of amides is 1. The maximum atomic E-state index is 12.2. The van der Waals surface area contributed by atoms with Crippen LogP contribution in [0.4, 0.5) is 0 Å². The number of carbonyl (C=O) groups excluding carboxylic acids is 1. The van der Waals surface area contributed by atoms with E-state index in [2.05, 4.69) is 21.4 Å². The quantitative estimate of drug-likeness (QED) is 0.581. The zero-order valence-electron chi connectivity index (χ0n) is 13.4. The van der Waals surface area contributed by atoms with Crippen molar-refractivity contribution in [2.24, 2.45) is 5.10 Å². The Morgan fingerprint density at radius 1 is 1.12 bits per heavy atom. The van der Waals surface area contributed by atoms with Gasteiger partial charge in [-0.2, -0.15) is 5.10 Å². The van der Waals surface area contributed by atoms with Crippen molar-refractivity contribution in [3.63, 3.8) is 0 Å². The SMILES string of the molecule is O=C(N/N=C/c1ccc2c(c1)OCO2)C1CC(c2ccccc2)NN1. The van der Waals surface area contributed by atoms with Crippen LogP contribution in [0.3, 0.4) is 0 Å². The summed E-state index contributed by atoms with van der Waals surface area (Å²) < 4.78 is 10.6. The number of hydrazone groups is 1. The number of fused-ring (bicyclic) bond motifs is 1. The van der Waals surface area contributed by atoms with Crippen molar-refractivity contribution in [1.82, 2.24) is 16.3 Å². The third-order valence-electron chi connectivity index (χ3n) is 4.21. The van der Waals surface area contributed by atoms with Crippen LogP contribution in [0.1, 0.15) is 23.6 Å². The Morgan fingerprint density at radius 2 is 1.96 bits per heavy atom. The maximum absolute atomic E-state index is 12.2. The Labute approximate surface area is 145 Å². The first-order valence-electron chi connectivity index (χ1n) is 8.08. The lowest BCUT2D eigenvalue weighted by Gasteiger charge is -2.08. The van der Waals surface area contributed by atoms with E-state index < -0.39 is 0 Å². The van der Waals surface area contributed by atoms with Crippen LogP contribution in [0.5, 0.6) is 11.5 Å². The smallest absolute Gasteiger partial charge is 0.258 e. The molecule has 1 amide bonds. The highest BCUT2D eigenvalue weighted by Gasteiger charge is 2.29. The minimum absolute atomic E-state index is 0.106. The van der Waals surface area contributed by atoms with Gasteiger partial charge in [0.05, 0.1) is 6.21 Å². The molecule has 2 aliphatic heterocycles. The van der Waals surface area contributed by atoms with Gasteiger partial charge < -0.3 is 9.47 Å². The molecule has 25 heavy (non-hydrogen) atoms. The summed E-state index contributed by atoms with van der Waals surface area (Å²) in [5.74, 6) is 1.22. The molecule has 0 radical (unpaired) electrons. The molecule has 7 heteroatoms. The largest absolute Gasteiger partial charge is 0.454 e. The van der Waals surface area contributed by atoms with E-state index in [1.807, 2.05) is 48.5 Å². The second-order valence-electron chi connectivity index (χ2n) is 5.89. The predicted octanol–water partition coefficient (Wildman–Crippen LogP) is 1.47. The van der Waals surface area contributed by atoms with Crippen molar-refractivity contribution in [3.8, 4) is 11.5 Å². The summed E-state index contributed by atoms with van der Waals surface area (Å²) in [6, 6.07) is 15.3. The van der Waals surface area contributed by atoms with E-state index in [-0.39, 0.29) is 24.8 Å². The lowest BCUT2D eigenvalue weighted by atomic mass is 10.0. The van der Waals surface area contributed by atoms with Gasteiger partial charge in [-0.15, -0.1) is 0 Å². The Balaban J connectivity index is 1.32. The number of nitrogens with one attached hydrogen (secondary N) is 3. The molecule has 2 atom stereocenters. The molecule has 0 bridgehead atoms. The van der Waals surface area contributed by atoms with E-state index in [0.717, 1.165) is 16.9 Å². The second-order valence-corrected chi connectivity index (χ2v) is 5.89. The minimum atomic E-state index is -0.334. The van der Waals surface area contributed by atoms with E-state index in [1.54, 1.807) is 6.21 Å². The molecule has 128 valence electrons. The van der Waals surface area contributed by atoms with Crippen molar-refractivity contribution < 1.29 is 14.3 Å². The highest BCUT2D eigenvalue weighted by atomic mass is 16.7. The fourth-order valence-electron chi connectivity index (χ4n) is 2.87. The van der Waals surface area contributed by atoms with E-state index in [1.165, 1.54) is 0 Å². The van der Waals surface area contributed by atoms with Crippen LogP contribution in [0.2, 0.25) is 0 Å². The maximum Gasteiger partial charge on any atom is 0.258 e. The van der Waals surface area contributed by atoms with Crippen LogP contribution in [-0.4, -0.2) is 25.0 Å². The van der Waals surface area contributed by atoms with Gasteiger partial charge in [0.15, 0.2) is 11.5 Å². The van der Waals surface area contributed by atoms with Gasteiger partial charge >= 0.3 is 0 Å². The summed E-state index contributed by atoms with van der Waals surface area (Å²) in [6.45, 7) is 0.232. The number of rotatable bonds is 4. The molecule has 0 saturated carbocycles. The molecule has 0 spiro atoms. The number of ether oxygens (including phenoxy) is 2. The van der Waals surface area contributed by atoms with Crippen LogP contribution in [0, 0.1) is 0 Å². The number of nitrogens with zero attached hydrogens (tertiary/aromatic N) is 1. The highest BCUT2D eigenvalue weighted by Crippen LogP contribution is 2.31. The van der Waals surface area contributed by atoms with Crippen LogP contribution in [-0.2, 0) is 4.79 Å². The Hall–Kier alpha value is -2.90. The van der Waals surface area contributed by atoms with Crippen LogP contribution < -0.4 is 25.8 Å². The molecule has 2 heterocycles. The van der Waals surface area contributed by atoms with Crippen molar-refractivity contribution in [1.29, 1.82) is 0 Å². The first-order chi connectivity index (χ1) is 12.3. The summed E-state index contributed by atoms with van der Waals surface area (Å²) in [4.78, 5) is 12.2. The van der Waals surface area contributed by atoms with E-state index >= 15 is 0 Å². The van der Waals surface area contributed by atoms with Gasteiger partial charge in [-0.25, -0.2) is 16.3 Å². The highest BCUT2D eigenvalue weighted by molar-refractivity contribution is 5.85. The Kier molecular flexibility index (Phi) is 4.32. The fraction of sp³-hybridized carbons (Fsp3) is 0.222. The molecule has 2 aromatic carbocycles.